The Morgan fingerprint density at radius 3 is 1.66 bits per heavy atom. The van der Waals surface area contributed by atoms with Crippen LogP contribution in [-0.4, -0.2) is 94.4 Å². The van der Waals surface area contributed by atoms with E-state index in [2.05, 4.69) is 17.2 Å². The number of hydrogen-bond donors (Lipinski definition) is 2. The lowest BCUT2D eigenvalue weighted by molar-refractivity contribution is -0.140. The van der Waals surface area contributed by atoms with Crippen molar-refractivity contribution >= 4 is 27.0 Å². The van der Waals surface area contributed by atoms with Crippen LogP contribution in [-0.2, 0) is 37.0 Å². The Bertz CT molecular complexity index is 609. The number of hydrogen-bond acceptors (Lipinski definition) is 10. The fourth-order valence-electron chi connectivity index (χ4n) is 2.71. The van der Waals surface area contributed by atoms with Crippen molar-refractivity contribution in [2.75, 3.05) is 67.5 Å². The highest BCUT2D eigenvalue weighted by molar-refractivity contribution is 6.60. The van der Waals surface area contributed by atoms with Crippen molar-refractivity contribution in [2.24, 2.45) is 0 Å². The zero-order valence-corrected chi connectivity index (χ0v) is 22.5. The van der Waals surface area contributed by atoms with Gasteiger partial charge in [-0.15, -0.1) is 0 Å². The molecule has 0 aliphatic heterocycles. The molecule has 0 aliphatic rings. The van der Waals surface area contributed by atoms with E-state index in [4.69, 9.17) is 32.2 Å². The molecule has 2 N–H and O–H groups in total. The van der Waals surface area contributed by atoms with Gasteiger partial charge in [0.05, 0.1) is 19.8 Å². The SMILES string of the molecule is C=C(C)C(=O)OCCOCCOC(=O)NCCCCCCNC(=O)OCCC[Si](OC)(OC)OC. The summed E-state index contributed by atoms with van der Waals surface area (Å²) >= 11 is 0. The van der Waals surface area contributed by atoms with Crippen LogP contribution in [0.4, 0.5) is 9.59 Å². The van der Waals surface area contributed by atoms with Gasteiger partial charge in [-0.25, -0.2) is 14.4 Å². The first kappa shape index (κ1) is 32.8. The van der Waals surface area contributed by atoms with Crippen LogP contribution in [0.25, 0.3) is 0 Å². The third kappa shape index (κ3) is 17.8. The number of ether oxygens (including phenoxy) is 4. The van der Waals surface area contributed by atoms with Crippen LogP contribution >= 0.6 is 0 Å². The minimum absolute atomic E-state index is 0.107. The van der Waals surface area contributed by atoms with Crippen molar-refractivity contribution in [1.82, 2.24) is 10.6 Å². The molecule has 35 heavy (non-hydrogen) atoms. The molecule has 0 heterocycles. The van der Waals surface area contributed by atoms with E-state index in [9.17, 15) is 14.4 Å². The van der Waals surface area contributed by atoms with E-state index in [1.54, 1.807) is 28.3 Å². The summed E-state index contributed by atoms with van der Waals surface area (Å²) in [5.41, 5.74) is 0.329. The van der Waals surface area contributed by atoms with E-state index in [0.717, 1.165) is 25.7 Å². The van der Waals surface area contributed by atoms with Gasteiger partial charge >= 0.3 is 27.0 Å². The number of rotatable bonds is 21. The van der Waals surface area contributed by atoms with E-state index >= 15 is 0 Å². The lowest BCUT2D eigenvalue weighted by atomic mass is 10.2. The molecule has 0 rings (SSSR count). The summed E-state index contributed by atoms with van der Waals surface area (Å²) in [7, 11) is 2.00. The van der Waals surface area contributed by atoms with Crippen LogP contribution in [0.5, 0.6) is 0 Å². The van der Waals surface area contributed by atoms with Crippen LogP contribution in [0, 0.1) is 0 Å². The monoisotopic (exact) mass is 522 g/mol. The van der Waals surface area contributed by atoms with Crippen molar-refractivity contribution in [3.05, 3.63) is 12.2 Å². The fourth-order valence-corrected chi connectivity index (χ4v) is 4.40. The molecule has 0 fully saturated rings. The number of esters is 1. The van der Waals surface area contributed by atoms with Crippen LogP contribution < -0.4 is 10.6 Å². The average Bonchev–Trinajstić information content (AvgIpc) is 2.85. The standard InChI is InChI=1S/C22H42N2O10Si/c1-19(2)20(25)32-16-14-31-15-17-34-22(27)24-12-9-7-6-8-11-23-21(26)33-13-10-18-35(28-3,29-4)30-5/h1,6-18H2,2-5H3,(H,23,26)(H,24,27). The van der Waals surface area contributed by atoms with Gasteiger partial charge < -0.3 is 42.9 Å². The maximum absolute atomic E-state index is 11.7. The van der Waals surface area contributed by atoms with Gasteiger partial charge in [-0.1, -0.05) is 19.4 Å². The molecule has 12 nitrogen and oxygen atoms in total. The molecule has 0 atom stereocenters. The molecule has 0 bridgehead atoms. The van der Waals surface area contributed by atoms with Crippen molar-refractivity contribution in [1.29, 1.82) is 0 Å². The normalized spacial score (nSPS) is 11.0. The summed E-state index contributed by atoms with van der Waals surface area (Å²) in [5.74, 6) is -0.462. The predicted molar refractivity (Wildman–Crippen MR) is 130 cm³/mol. The zero-order chi connectivity index (χ0) is 26.4. The van der Waals surface area contributed by atoms with Gasteiger partial charge in [-0.2, -0.15) is 0 Å². The molecule has 2 amide bonds. The molecular formula is C22H42N2O10Si. The Balaban J connectivity index is 3.49. The van der Waals surface area contributed by atoms with Crippen LogP contribution in [0.15, 0.2) is 12.2 Å². The lowest BCUT2D eigenvalue weighted by Crippen LogP contribution is -2.42. The highest BCUT2D eigenvalue weighted by atomic mass is 28.4. The molecule has 13 heteroatoms. The summed E-state index contributed by atoms with van der Waals surface area (Å²) in [6.45, 7) is 6.98. The van der Waals surface area contributed by atoms with Gasteiger partial charge in [0.25, 0.3) is 0 Å². The van der Waals surface area contributed by atoms with E-state index < -0.39 is 27.0 Å². The highest BCUT2D eigenvalue weighted by Gasteiger charge is 2.37. The maximum atomic E-state index is 11.7. The number of amides is 2. The summed E-state index contributed by atoms with van der Waals surface area (Å²) in [6, 6.07) is 0.563. The second-order valence-electron chi connectivity index (χ2n) is 7.47. The van der Waals surface area contributed by atoms with Crippen molar-refractivity contribution in [3.8, 4) is 0 Å². The Morgan fingerprint density at radius 2 is 1.17 bits per heavy atom. The number of unbranched alkanes of at least 4 members (excludes halogenated alkanes) is 3. The second-order valence-corrected chi connectivity index (χ2v) is 10.6. The van der Waals surface area contributed by atoms with Crippen LogP contribution in [0.2, 0.25) is 6.04 Å². The summed E-state index contributed by atoms with van der Waals surface area (Å²) < 4.78 is 36.1. The van der Waals surface area contributed by atoms with Gasteiger partial charge in [-0.3, -0.25) is 0 Å². The third-order valence-corrected chi connectivity index (χ3v) is 7.54. The first-order chi connectivity index (χ1) is 16.8. The average molecular weight is 523 g/mol. The quantitative estimate of drug-likeness (QED) is 0.0759. The number of carbonyl (C=O) groups excluding carboxylic acids is 3. The van der Waals surface area contributed by atoms with E-state index in [1.165, 1.54) is 0 Å². The Labute approximate surface area is 209 Å². The second kappa shape index (κ2) is 21.1. The van der Waals surface area contributed by atoms with Crippen LogP contribution in [0.3, 0.4) is 0 Å². The molecule has 0 saturated heterocycles. The topological polar surface area (TPSA) is 140 Å². The molecule has 0 unspecified atom stereocenters. The molecule has 0 aromatic rings. The minimum atomic E-state index is -2.63. The molecule has 0 aliphatic carbocycles. The van der Waals surface area contributed by atoms with Gasteiger partial charge in [0.15, 0.2) is 0 Å². The lowest BCUT2D eigenvalue weighted by Gasteiger charge is -2.24. The number of alkyl carbamates (subject to hydrolysis) is 2. The van der Waals surface area contributed by atoms with Gasteiger partial charge in [0, 0.05) is 46.0 Å². The number of nitrogens with one attached hydrogen (secondary N) is 2. The molecule has 0 saturated carbocycles. The van der Waals surface area contributed by atoms with Gasteiger partial charge in [0.1, 0.15) is 13.2 Å². The van der Waals surface area contributed by atoms with Crippen molar-refractivity contribution in [2.45, 2.75) is 45.1 Å². The Morgan fingerprint density at radius 1 is 0.686 bits per heavy atom. The molecule has 0 aromatic heterocycles. The Kier molecular flexibility index (Phi) is 19.8. The Hall–Kier alpha value is -2.19. The van der Waals surface area contributed by atoms with Crippen molar-refractivity contribution < 1.29 is 46.6 Å². The van der Waals surface area contributed by atoms with E-state index in [0.29, 0.717) is 31.1 Å². The molecule has 0 spiro atoms. The minimum Gasteiger partial charge on any atom is -0.460 e. The fraction of sp³-hybridized carbons (Fsp3) is 0.773. The number of carbonyl (C=O) groups is 3. The van der Waals surface area contributed by atoms with Gasteiger partial charge in [-0.05, 0) is 26.2 Å². The first-order valence-electron chi connectivity index (χ1n) is 11.7. The maximum Gasteiger partial charge on any atom is 0.500 e. The summed E-state index contributed by atoms with van der Waals surface area (Å²) in [6.07, 6.45) is 3.05. The molecule has 0 radical (unpaired) electrons. The largest absolute Gasteiger partial charge is 0.500 e. The molecule has 204 valence electrons. The smallest absolute Gasteiger partial charge is 0.460 e. The highest BCUT2D eigenvalue weighted by Crippen LogP contribution is 2.14. The third-order valence-electron chi connectivity index (χ3n) is 4.71. The molecular weight excluding hydrogens is 480 g/mol. The summed E-state index contributed by atoms with van der Waals surface area (Å²) in [4.78, 5) is 34.4. The van der Waals surface area contributed by atoms with Crippen molar-refractivity contribution in [3.63, 3.8) is 0 Å². The summed E-state index contributed by atoms with van der Waals surface area (Å²) in [5, 5.41) is 5.37. The van der Waals surface area contributed by atoms with Gasteiger partial charge in [0.2, 0.25) is 0 Å². The zero-order valence-electron chi connectivity index (χ0n) is 21.5. The van der Waals surface area contributed by atoms with Crippen LogP contribution in [0.1, 0.15) is 39.0 Å². The predicted octanol–water partition coefficient (Wildman–Crippen LogP) is 2.40. The van der Waals surface area contributed by atoms with E-state index in [1.807, 2.05) is 0 Å². The first-order valence-corrected chi connectivity index (χ1v) is 13.6. The van der Waals surface area contributed by atoms with E-state index in [-0.39, 0.29) is 33.0 Å². The molecule has 0 aromatic carbocycles.